The lowest BCUT2D eigenvalue weighted by Gasteiger charge is -2.23. The van der Waals surface area contributed by atoms with Crippen molar-refractivity contribution in [3.63, 3.8) is 0 Å². The summed E-state index contributed by atoms with van der Waals surface area (Å²) in [6.07, 6.45) is 6.63. The Balaban J connectivity index is 2.26. The van der Waals surface area contributed by atoms with Crippen LogP contribution in [-0.4, -0.2) is 21.3 Å². The lowest BCUT2D eigenvalue weighted by molar-refractivity contribution is 0.370. The van der Waals surface area contributed by atoms with E-state index in [2.05, 4.69) is 27.3 Å². The summed E-state index contributed by atoms with van der Waals surface area (Å²) in [5.74, 6) is 2.59. The molecule has 20 heavy (non-hydrogen) atoms. The second-order valence-electron chi connectivity index (χ2n) is 5.46. The van der Waals surface area contributed by atoms with E-state index in [4.69, 9.17) is 9.47 Å². The Bertz CT molecular complexity index is 444. The van der Waals surface area contributed by atoms with E-state index < -0.39 is 0 Å². The molecule has 0 aromatic heterocycles. The molecule has 0 spiro atoms. The predicted molar refractivity (Wildman–Crippen MR) is 85.6 cm³/mol. The lowest BCUT2D eigenvalue weighted by atomic mass is 9.93. The Morgan fingerprint density at radius 2 is 1.85 bits per heavy atom. The van der Waals surface area contributed by atoms with Gasteiger partial charge in [0, 0.05) is 11.6 Å². The average Bonchev–Trinajstić information content (AvgIpc) is 2.97. The van der Waals surface area contributed by atoms with E-state index in [0.717, 1.165) is 28.3 Å². The second kappa shape index (κ2) is 7.32. The molecule has 0 amide bonds. The average molecular weight is 342 g/mol. The smallest absolute Gasteiger partial charge is 0.133 e. The van der Waals surface area contributed by atoms with Crippen molar-refractivity contribution < 1.29 is 9.47 Å². The summed E-state index contributed by atoms with van der Waals surface area (Å²) in [5.41, 5.74) is 1.18. The molecule has 0 saturated heterocycles. The maximum atomic E-state index is 5.55. The van der Waals surface area contributed by atoms with Gasteiger partial charge in [0.2, 0.25) is 0 Å². The van der Waals surface area contributed by atoms with Crippen LogP contribution in [0.2, 0.25) is 0 Å². The molecule has 4 heteroatoms. The van der Waals surface area contributed by atoms with Crippen molar-refractivity contribution in [3.8, 4) is 11.5 Å². The number of halogens is 1. The summed E-state index contributed by atoms with van der Waals surface area (Å²) in [5, 5.41) is 3.44. The minimum Gasteiger partial charge on any atom is -0.496 e. The monoisotopic (exact) mass is 341 g/mol. The van der Waals surface area contributed by atoms with Crippen molar-refractivity contribution in [2.24, 2.45) is 5.92 Å². The van der Waals surface area contributed by atoms with E-state index in [1.165, 1.54) is 31.2 Å². The normalized spacial score (nSPS) is 17.2. The molecule has 1 fully saturated rings. The highest BCUT2D eigenvalue weighted by molar-refractivity contribution is 9.10. The van der Waals surface area contributed by atoms with Gasteiger partial charge in [0.05, 0.1) is 18.7 Å². The molecule has 1 N–H and O–H groups in total. The topological polar surface area (TPSA) is 30.5 Å². The molecule has 1 saturated carbocycles. The first-order valence-electron chi connectivity index (χ1n) is 7.28. The third kappa shape index (κ3) is 3.47. The molecule has 112 valence electrons. The first-order chi connectivity index (χ1) is 9.69. The number of hydrogen-bond acceptors (Lipinski definition) is 3. The van der Waals surface area contributed by atoms with Gasteiger partial charge in [-0.25, -0.2) is 0 Å². The second-order valence-corrected chi connectivity index (χ2v) is 6.31. The molecular weight excluding hydrogens is 318 g/mol. The van der Waals surface area contributed by atoms with Crippen molar-refractivity contribution in [3.05, 3.63) is 22.2 Å². The number of hydrogen-bond donors (Lipinski definition) is 1. The number of rotatable bonds is 6. The lowest BCUT2D eigenvalue weighted by Crippen LogP contribution is -2.20. The zero-order valence-electron chi connectivity index (χ0n) is 12.5. The van der Waals surface area contributed by atoms with Gasteiger partial charge in [-0.3, -0.25) is 0 Å². The van der Waals surface area contributed by atoms with Gasteiger partial charge in [0.15, 0.2) is 0 Å². The van der Waals surface area contributed by atoms with Gasteiger partial charge in [-0.05, 0) is 47.4 Å². The van der Waals surface area contributed by atoms with Crippen molar-refractivity contribution in [2.45, 2.75) is 38.1 Å². The van der Waals surface area contributed by atoms with E-state index in [0.29, 0.717) is 6.04 Å². The van der Waals surface area contributed by atoms with Crippen LogP contribution in [0, 0.1) is 5.92 Å². The summed E-state index contributed by atoms with van der Waals surface area (Å²) >= 11 is 3.52. The van der Waals surface area contributed by atoms with Crippen LogP contribution < -0.4 is 14.8 Å². The molecule has 2 rings (SSSR count). The van der Waals surface area contributed by atoms with Gasteiger partial charge < -0.3 is 14.8 Å². The zero-order chi connectivity index (χ0) is 14.5. The van der Waals surface area contributed by atoms with Gasteiger partial charge >= 0.3 is 0 Å². The summed E-state index contributed by atoms with van der Waals surface area (Å²) in [6.45, 7) is 0. The highest BCUT2D eigenvalue weighted by atomic mass is 79.9. The van der Waals surface area contributed by atoms with Crippen LogP contribution in [0.25, 0.3) is 0 Å². The molecule has 1 aliphatic carbocycles. The van der Waals surface area contributed by atoms with Gasteiger partial charge in [-0.2, -0.15) is 0 Å². The third-order valence-corrected chi connectivity index (χ3v) is 4.89. The zero-order valence-corrected chi connectivity index (χ0v) is 14.1. The standard InChI is InChI=1S/C16H24BrNO2/c1-18-14(8-11-6-4-5-7-11)12-9-16(20-3)13(17)10-15(12)19-2/h9-11,14,18H,4-8H2,1-3H3. The quantitative estimate of drug-likeness (QED) is 0.836. The van der Waals surface area contributed by atoms with E-state index in [9.17, 15) is 0 Å². The van der Waals surface area contributed by atoms with E-state index in [1.807, 2.05) is 13.1 Å². The molecule has 0 aliphatic heterocycles. The fraction of sp³-hybridized carbons (Fsp3) is 0.625. The summed E-state index contributed by atoms with van der Waals surface area (Å²) < 4.78 is 11.9. The van der Waals surface area contributed by atoms with Crippen molar-refractivity contribution in [2.75, 3.05) is 21.3 Å². The van der Waals surface area contributed by atoms with E-state index in [1.54, 1.807) is 14.2 Å². The molecule has 1 aromatic carbocycles. The SMILES string of the molecule is CNC(CC1CCCC1)c1cc(OC)c(Br)cc1OC. The Morgan fingerprint density at radius 3 is 2.40 bits per heavy atom. The fourth-order valence-electron chi connectivity index (χ4n) is 3.14. The van der Waals surface area contributed by atoms with Crippen LogP contribution in [0.1, 0.15) is 43.7 Å². The Hall–Kier alpha value is -0.740. The molecule has 0 radical (unpaired) electrons. The minimum atomic E-state index is 0.315. The Labute approximate surface area is 130 Å². The summed E-state index contributed by atoms with van der Waals surface area (Å²) in [7, 11) is 5.44. The van der Waals surface area contributed by atoms with Gasteiger partial charge in [-0.15, -0.1) is 0 Å². The maximum Gasteiger partial charge on any atom is 0.133 e. The Morgan fingerprint density at radius 1 is 1.20 bits per heavy atom. The number of methoxy groups -OCH3 is 2. The fourth-order valence-corrected chi connectivity index (χ4v) is 3.62. The summed E-state index contributed by atoms with van der Waals surface area (Å²) in [6, 6.07) is 4.39. The van der Waals surface area contributed by atoms with Crippen LogP contribution in [0.15, 0.2) is 16.6 Å². The van der Waals surface area contributed by atoms with E-state index in [-0.39, 0.29) is 0 Å². The molecule has 3 nitrogen and oxygen atoms in total. The molecule has 0 bridgehead atoms. The van der Waals surface area contributed by atoms with Crippen LogP contribution in [0.5, 0.6) is 11.5 Å². The largest absolute Gasteiger partial charge is 0.496 e. The Kier molecular flexibility index (Phi) is 5.73. The summed E-state index contributed by atoms with van der Waals surface area (Å²) in [4.78, 5) is 0. The molecule has 0 heterocycles. The first-order valence-corrected chi connectivity index (χ1v) is 8.07. The first kappa shape index (κ1) is 15.6. The number of nitrogens with one attached hydrogen (secondary N) is 1. The highest BCUT2D eigenvalue weighted by Crippen LogP contribution is 2.39. The van der Waals surface area contributed by atoms with Crippen LogP contribution in [0.3, 0.4) is 0 Å². The van der Waals surface area contributed by atoms with E-state index >= 15 is 0 Å². The van der Waals surface area contributed by atoms with Gasteiger partial charge in [0.1, 0.15) is 11.5 Å². The maximum absolute atomic E-state index is 5.55. The number of ether oxygens (including phenoxy) is 2. The van der Waals surface area contributed by atoms with Crippen molar-refractivity contribution in [1.29, 1.82) is 0 Å². The van der Waals surface area contributed by atoms with Gasteiger partial charge in [-0.1, -0.05) is 25.7 Å². The van der Waals surface area contributed by atoms with Crippen LogP contribution >= 0.6 is 15.9 Å². The third-order valence-electron chi connectivity index (χ3n) is 4.27. The van der Waals surface area contributed by atoms with Crippen LogP contribution in [-0.2, 0) is 0 Å². The minimum absolute atomic E-state index is 0.315. The van der Waals surface area contributed by atoms with Crippen molar-refractivity contribution in [1.82, 2.24) is 5.32 Å². The molecular formula is C16H24BrNO2. The molecule has 1 atom stereocenters. The highest BCUT2D eigenvalue weighted by Gasteiger charge is 2.23. The van der Waals surface area contributed by atoms with Gasteiger partial charge in [0.25, 0.3) is 0 Å². The molecule has 1 aromatic rings. The number of benzene rings is 1. The predicted octanol–water partition coefficient (Wildman–Crippen LogP) is 4.31. The molecule has 1 aliphatic rings. The molecule has 1 unspecified atom stereocenters. The van der Waals surface area contributed by atoms with Crippen molar-refractivity contribution >= 4 is 15.9 Å². The van der Waals surface area contributed by atoms with Crippen LogP contribution in [0.4, 0.5) is 0 Å².